The number of benzene rings is 1. The van der Waals surface area contributed by atoms with E-state index < -0.39 is 39.8 Å². The van der Waals surface area contributed by atoms with Crippen molar-refractivity contribution in [2.45, 2.75) is 26.4 Å². The van der Waals surface area contributed by atoms with Gasteiger partial charge in [-0.25, -0.2) is 14.0 Å². The Morgan fingerprint density at radius 3 is 2.46 bits per heavy atom. The highest BCUT2D eigenvalue weighted by molar-refractivity contribution is 5.97. The number of halogens is 1. The Morgan fingerprint density at radius 2 is 1.96 bits per heavy atom. The van der Waals surface area contributed by atoms with Gasteiger partial charge in [-0.05, 0) is 39.0 Å². The molecule has 1 N–H and O–H groups in total. The third kappa shape index (κ3) is 5.67. The van der Waals surface area contributed by atoms with Gasteiger partial charge in [-0.1, -0.05) is 0 Å². The second-order valence-electron chi connectivity index (χ2n) is 5.64. The molecule has 0 saturated heterocycles. The van der Waals surface area contributed by atoms with Crippen molar-refractivity contribution in [3.05, 3.63) is 45.4 Å². The van der Waals surface area contributed by atoms with Crippen LogP contribution in [0.4, 0.5) is 14.9 Å². The molecule has 1 amide bonds. The zero-order valence-corrected chi connectivity index (χ0v) is 13.6. The quantitative estimate of drug-likeness (QED) is 0.391. The number of carbonyl (C=O) groups is 2. The molecule has 0 bridgehead atoms. The van der Waals surface area contributed by atoms with Crippen molar-refractivity contribution < 1.29 is 28.4 Å². The summed E-state index contributed by atoms with van der Waals surface area (Å²) in [4.78, 5) is 33.8. The number of esters is 1. The Kier molecular flexibility index (Phi) is 5.99. The third-order valence-electron chi connectivity index (χ3n) is 2.53. The van der Waals surface area contributed by atoms with Gasteiger partial charge in [-0.15, -0.1) is 0 Å². The van der Waals surface area contributed by atoms with E-state index in [1.807, 2.05) is 0 Å². The van der Waals surface area contributed by atoms with Crippen LogP contribution in [0.25, 0.3) is 6.08 Å². The van der Waals surface area contributed by atoms with Gasteiger partial charge in [-0.3, -0.25) is 15.4 Å². The van der Waals surface area contributed by atoms with Crippen molar-refractivity contribution in [2.24, 2.45) is 0 Å². The Bertz CT molecular complexity index is 694. The molecular weight excluding hydrogens is 323 g/mol. The number of hydrogen-bond acceptors (Lipinski definition) is 6. The van der Waals surface area contributed by atoms with Crippen LogP contribution in [0.15, 0.2) is 23.9 Å². The highest BCUT2D eigenvalue weighted by atomic mass is 19.1. The molecule has 0 unspecified atom stereocenters. The number of nitrogens with one attached hydrogen (secondary N) is 1. The van der Waals surface area contributed by atoms with Gasteiger partial charge in [0.2, 0.25) is 0 Å². The first-order chi connectivity index (χ1) is 11.0. The lowest BCUT2D eigenvalue weighted by molar-refractivity contribution is -0.385. The number of methoxy groups -OCH3 is 1. The lowest BCUT2D eigenvalue weighted by Crippen LogP contribution is -2.34. The molecule has 0 saturated carbocycles. The van der Waals surface area contributed by atoms with Crippen molar-refractivity contribution in [2.75, 3.05) is 7.11 Å². The molecule has 24 heavy (non-hydrogen) atoms. The van der Waals surface area contributed by atoms with Crippen LogP contribution in [0.5, 0.6) is 0 Å². The fourth-order valence-corrected chi connectivity index (χ4v) is 1.63. The predicted octanol–water partition coefficient (Wildman–Crippen LogP) is 2.77. The Morgan fingerprint density at radius 1 is 1.33 bits per heavy atom. The van der Waals surface area contributed by atoms with Crippen LogP contribution in [0, 0.1) is 15.9 Å². The lowest BCUT2D eigenvalue weighted by atomic mass is 10.1. The topological polar surface area (TPSA) is 108 Å². The first-order valence-corrected chi connectivity index (χ1v) is 6.77. The van der Waals surface area contributed by atoms with Gasteiger partial charge >= 0.3 is 12.1 Å². The normalized spacial score (nSPS) is 11.6. The number of rotatable bonds is 4. The third-order valence-corrected chi connectivity index (χ3v) is 2.53. The minimum absolute atomic E-state index is 0.212. The van der Waals surface area contributed by atoms with Gasteiger partial charge < -0.3 is 9.47 Å². The molecule has 1 aromatic rings. The number of ether oxygens (including phenoxy) is 2. The first-order valence-electron chi connectivity index (χ1n) is 6.77. The van der Waals surface area contributed by atoms with Crippen LogP contribution in [0.3, 0.4) is 0 Å². The number of amides is 1. The predicted molar refractivity (Wildman–Crippen MR) is 82.4 cm³/mol. The number of nitro benzene ring substituents is 1. The zero-order chi connectivity index (χ0) is 18.5. The van der Waals surface area contributed by atoms with Gasteiger partial charge in [0.05, 0.1) is 17.6 Å². The molecule has 0 aliphatic carbocycles. The van der Waals surface area contributed by atoms with Crippen molar-refractivity contribution in [1.82, 2.24) is 5.32 Å². The molecule has 0 fully saturated rings. The van der Waals surface area contributed by atoms with Gasteiger partial charge in [0.15, 0.2) is 0 Å². The Hall–Kier alpha value is -2.97. The van der Waals surface area contributed by atoms with Crippen molar-refractivity contribution in [3.8, 4) is 0 Å². The summed E-state index contributed by atoms with van der Waals surface area (Å²) in [6.45, 7) is 4.85. The van der Waals surface area contributed by atoms with E-state index in [1.54, 1.807) is 20.8 Å². The Balaban J connectivity index is 3.24. The summed E-state index contributed by atoms with van der Waals surface area (Å²) in [7, 11) is 1.06. The van der Waals surface area contributed by atoms with Crippen LogP contribution < -0.4 is 5.32 Å². The van der Waals surface area contributed by atoms with Crippen molar-refractivity contribution >= 4 is 23.8 Å². The molecule has 0 spiro atoms. The fourth-order valence-electron chi connectivity index (χ4n) is 1.63. The summed E-state index contributed by atoms with van der Waals surface area (Å²) in [5, 5.41) is 13.1. The van der Waals surface area contributed by atoms with E-state index in [-0.39, 0.29) is 5.56 Å². The monoisotopic (exact) mass is 340 g/mol. The molecule has 0 atom stereocenters. The average Bonchev–Trinajstić information content (AvgIpc) is 2.43. The summed E-state index contributed by atoms with van der Waals surface area (Å²) in [5.74, 6) is -1.72. The molecule has 9 heteroatoms. The second kappa shape index (κ2) is 7.53. The maximum Gasteiger partial charge on any atom is 0.412 e. The van der Waals surface area contributed by atoms with Gasteiger partial charge in [-0.2, -0.15) is 0 Å². The Labute approximate surface area is 137 Å². The largest absolute Gasteiger partial charge is 0.464 e. The summed E-state index contributed by atoms with van der Waals surface area (Å²) in [6.07, 6.45) is -0.0186. The van der Waals surface area contributed by atoms with Gasteiger partial charge in [0.1, 0.15) is 17.1 Å². The number of nitro groups is 1. The smallest absolute Gasteiger partial charge is 0.412 e. The zero-order valence-electron chi connectivity index (χ0n) is 13.6. The second-order valence-corrected chi connectivity index (χ2v) is 5.64. The van der Waals surface area contributed by atoms with Crippen molar-refractivity contribution in [3.63, 3.8) is 0 Å². The lowest BCUT2D eigenvalue weighted by Gasteiger charge is -2.20. The summed E-state index contributed by atoms with van der Waals surface area (Å²) < 4.78 is 22.8. The minimum Gasteiger partial charge on any atom is -0.464 e. The van der Waals surface area contributed by atoms with Gasteiger partial charge in [0.25, 0.3) is 5.69 Å². The number of carbonyl (C=O) groups excluding carboxylic acids is 2. The van der Waals surface area contributed by atoms with Gasteiger partial charge in [0, 0.05) is 6.07 Å². The number of hydrogen-bond donors (Lipinski definition) is 1. The molecule has 0 aromatic heterocycles. The van der Waals surface area contributed by atoms with E-state index in [0.29, 0.717) is 0 Å². The molecule has 130 valence electrons. The van der Waals surface area contributed by atoms with Crippen LogP contribution in [0.1, 0.15) is 26.3 Å². The maximum atomic E-state index is 13.3. The summed E-state index contributed by atoms with van der Waals surface area (Å²) >= 11 is 0. The van der Waals surface area contributed by atoms with Crippen LogP contribution in [-0.4, -0.2) is 29.7 Å². The molecule has 8 nitrogen and oxygen atoms in total. The molecule has 0 aliphatic rings. The highest BCUT2D eigenvalue weighted by Gasteiger charge is 2.22. The van der Waals surface area contributed by atoms with E-state index in [2.05, 4.69) is 10.1 Å². The molecule has 1 rings (SSSR count). The average molecular weight is 340 g/mol. The fraction of sp³-hybridized carbons (Fsp3) is 0.333. The standard InChI is InChI=1S/C15H17FN2O6/c1-15(2,3)24-14(20)17-11(13(19)23-4)8-9-7-10(16)5-6-12(9)18(21)22/h5-8H,1-4H3,(H,17,20)/b11-8+. The van der Waals surface area contributed by atoms with E-state index in [9.17, 15) is 24.1 Å². The van der Waals surface area contributed by atoms with E-state index >= 15 is 0 Å². The molecule has 0 heterocycles. The van der Waals surface area contributed by atoms with E-state index in [1.165, 1.54) is 0 Å². The highest BCUT2D eigenvalue weighted by Crippen LogP contribution is 2.22. The molecular formula is C15H17FN2O6. The number of nitrogens with zero attached hydrogens (tertiary/aromatic N) is 1. The molecule has 0 aliphatic heterocycles. The van der Waals surface area contributed by atoms with Crippen LogP contribution in [-0.2, 0) is 14.3 Å². The maximum absolute atomic E-state index is 13.3. The summed E-state index contributed by atoms with van der Waals surface area (Å²) in [5.41, 5.74) is -1.91. The van der Waals surface area contributed by atoms with E-state index in [4.69, 9.17) is 4.74 Å². The van der Waals surface area contributed by atoms with E-state index in [0.717, 1.165) is 31.4 Å². The van der Waals surface area contributed by atoms with Crippen molar-refractivity contribution in [1.29, 1.82) is 0 Å². The van der Waals surface area contributed by atoms with Crippen LogP contribution in [0.2, 0.25) is 0 Å². The minimum atomic E-state index is -0.973. The van der Waals surface area contributed by atoms with Crippen LogP contribution >= 0.6 is 0 Å². The molecule has 1 aromatic carbocycles. The first kappa shape index (κ1) is 19.1. The molecule has 0 radical (unpaired) electrons. The SMILES string of the molecule is COC(=O)/C(=C\c1cc(F)ccc1[N+](=O)[O-])NC(=O)OC(C)(C)C. The summed E-state index contributed by atoms with van der Waals surface area (Å²) in [6, 6.07) is 2.72. The number of alkyl carbamates (subject to hydrolysis) is 1.